The number of thiocarbonyl (C=S) groups is 1. The van der Waals surface area contributed by atoms with Gasteiger partial charge in [-0.1, -0.05) is 26.1 Å². The lowest BCUT2D eigenvalue weighted by molar-refractivity contribution is 0.0970. The summed E-state index contributed by atoms with van der Waals surface area (Å²) >= 11 is 4.96. The lowest BCUT2D eigenvalue weighted by atomic mass is 10.1. The molecule has 0 amide bonds. The summed E-state index contributed by atoms with van der Waals surface area (Å²) in [7, 11) is 0. The van der Waals surface area contributed by atoms with Gasteiger partial charge in [0.05, 0.1) is 4.99 Å². The van der Waals surface area contributed by atoms with Crippen LogP contribution >= 0.6 is 12.2 Å². The molecule has 1 aliphatic heterocycles. The SMILES string of the molecule is CC(C)CN1CCN(C(C)CC(N)=S)CC1. The first kappa shape index (κ1) is 13.9. The molecule has 0 spiro atoms. The molecule has 0 aliphatic carbocycles. The minimum absolute atomic E-state index is 0.499. The van der Waals surface area contributed by atoms with E-state index in [1.54, 1.807) is 0 Å². The first-order valence-corrected chi connectivity index (χ1v) is 6.64. The minimum Gasteiger partial charge on any atom is -0.393 e. The van der Waals surface area contributed by atoms with Crippen molar-refractivity contribution >= 4 is 17.2 Å². The van der Waals surface area contributed by atoms with E-state index in [9.17, 15) is 0 Å². The van der Waals surface area contributed by atoms with Crippen molar-refractivity contribution in [3.8, 4) is 0 Å². The van der Waals surface area contributed by atoms with E-state index in [4.69, 9.17) is 18.0 Å². The summed E-state index contributed by atoms with van der Waals surface area (Å²) in [6.45, 7) is 12.7. The Bertz CT molecular complexity index is 222. The minimum atomic E-state index is 0.499. The summed E-state index contributed by atoms with van der Waals surface area (Å²) in [5.74, 6) is 0.764. The number of nitrogens with zero attached hydrogens (tertiary/aromatic N) is 2. The first-order chi connectivity index (χ1) is 7.49. The van der Waals surface area contributed by atoms with Gasteiger partial charge >= 0.3 is 0 Å². The molecule has 94 valence electrons. The third-order valence-electron chi connectivity index (χ3n) is 3.15. The van der Waals surface area contributed by atoms with Crippen molar-refractivity contribution in [3.63, 3.8) is 0 Å². The van der Waals surface area contributed by atoms with Gasteiger partial charge in [0.15, 0.2) is 0 Å². The fourth-order valence-electron chi connectivity index (χ4n) is 2.32. The van der Waals surface area contributed by atoms with Crippen molar-refractivity contribution < 1.29 is 0 Å². The third-order valence-corrected chi connectivity index (χ3v) is 3.32. The van der Waals surface area contributed by atoms with Gasteiger partial charge in [-0.3, -0.25) is 4.90 Å². The predicted molar refractivity (Wildman–Crippen MR) is 73.7 cm³/mol. The van der Waals surface area contributed by atoms with Crippen molar-refractivity contribution in [2.24, 2.45) is 11.7 Å². The molecule has 16 heavy (non-hydrogen) atoms. The van der Waals surface area contributed by atoms with Crippen molar-refractivity contribution in [3.05, 3.63) is 0 Å². The average molecular weight is 243 g/mol. The second-order valence-electron chi connectivity index (χ2n) is 5.25. The van der Waals surface area contributed by atoms with Crippen LogP contribution in [0.2, 0.25) is 0 Å². The molecular weight excluding hydrogens is 218 g/mol. The number of piperazine rings is 1. The smallest absolute Gasteiger partial charge is 0.0742 e. The Morgan fingerprint density at radius 1 is 1.19 bits per heavy atom. The molecule has 0 aromatic heterocycles. The molecule has 0 aromatic carbocycles. The summed E-state index contributed by atoms with van der Waals surface area (Å²) in [6, 6.07) is 0.499. The Morgan fingerprint density at radius 2 is 1.75 bits per heavy atom. The Labute approximate surface area is 105 Å². The summed E-state index contributed by atoms with van der Waals surface area (Å²) in [4.78, 5) is 5.68. The maximum absolute atomic E-state index is 5.59. The summed E-state index contributed by atoms with van der Waals surface area (Å²) in [5.41, 5.74) is 5.59. The van der Waals surface area contributed by atoms with E-state index in [-0.39, 0.29) is 0 Å². The summed E-state index contributed by atoms with van der Waals surface area (Å²) < 4.78 is 0. The fraction of sp³-hybridized carbons (Fsp3) is 0.917. The van der Waals surface area contributed by atoms with Crippen LogP contribution in [0.15, 0.2) is 0 Å². The van der Waals surface area contributed by atoms with Crippen LogP contribution in [0.5, 0.6) is 0 Å². The number of nitrogens with two attached hydrogens (primary N) is 1. The number of hydrogen-bond donors (Lipinski definition) is 1. The van der Waals surface area contributed by atoms with Crippen LogP contribution in [0, 0.1) is 5.92 Å². The molecular formula is C12H25N3S. The van der Waals surface area contributed by atoms with Gasteiger partial charge in [0.25, 0.3) is 0 Å². The van der Waals surface area contributed by atoms with Gasteiger partial charge in [-0.15, -0.1) is 0 Å². The van der Waals surface area contributed by atoms with Crippen LogP contribution in [0.25, 0.3) is 0 Å². The molecule has 0 bridgehead atoms. The van der Waals surface area contributed by atoms with Crippen LogP contribution in [0.1, 0.15) is 27.2 Å². The molecule has 1 heterocycles. The first-order valence-electron chi connectivity index (χ1n) is 6.23. The third kappa shape index (κ3) is 4.76. The van der Waals surface area contributed by atoms with E-state index >= 15 is 0 Å². The highest BCUT2D eigenvalue weighted by molar-refractivity contribution is 7.80. The zero-order chi connectivity index (χ0) is 12.1. The summed E-state index contributed by atoms with van der Waals surface area (Å²) in [6.07, 6.45) is 0.847. The summed E-state index contributed by atoms with van der Waals surface area (Å²) in [5, 5.41) is 0. The Balaban J connectivity index is 2.28. The molecule has 0 saturated carbocycles. The Kier molecular flexibility index (Phi) is 5.66. The van der Waals surface area contributed by atoms with Gasteiger partial charge in [0.2, 0.25) is 0 Å². The van der Waals surface area contributed by atoms with E-state index < -0.39 is 0 Å². The number of rotatable bonds is 5. The zero-order valence-corrected chi connectivity index (χ0v) is 11.6. The monoisotopic (exact) mass is 243 g/mol. The van der Waals surface area contributed by atoms with E-state index in [1.807, 2.05) is 0 Å². The number of hydrogen-bond acceptors (Lipinski definition) is 3. The highest BCUT2D eigenvalue weighted by atomic mass is 32.1. The normalized spacial score (nSPS) is 21.2. The molecule has 0 radical (unpaired) electrons. The molecule has 1 atom stereocenters. The largest absolute Gasteiger partial charge is 0.393 e. The van der Waals surface area contributed by atoms with Crippen LogP contribution in [0.3, 0.4) is 0 Å². The molecule has 1 saturated heterocycles. The van der Waals surface area contributed by atoms with E-state index in [2.05, 4.69) is 30.6 Å². The molecule has 1 fully saturated rings. The highest BCUT2D eigenvalue weighted by Gasteiger charge is 2.21. The maximum Gasteiger partial charge on any atom is 0.0742 e. The van der Waals surface area contributed by atoms with Gasteiger partial charge in [0, 0.05) is 45.2 Å². The van der Waals surface area contributed by atoms with Crippen LogP contribution in [-0.4, -0.2) is 53.6 Å². The van der Waals surface area contributed by atoms with Crippen molar-refractivity contribution in [2.75, 3.05) is 32.7 Å². The topological polar surface area (TPSA) is 32.5 Å². The van der Waals surface area contributed by atoms with E-state index in [1.165, 1.54) is 19.6 Å². The van der Waals surface area contributed by atoms with Gasteiger partial charge in [-0.05, 0) is 12.8 Å². The molecule has 2 N–H and O–H groups in total. The van der Waals surface area contributed by atoms with Gasteiger partial charge in [0.1, 0.15) is 0 Å². The Morgan fingerprint density at radius 3 is 2.19 bits per heavy atom. The molecule has 1 aliphatic rings. The van der Waals surface area contributed by atoms with Crippen molar-refractivity contribution in [2.45, 2.75) is 33.2 Å². The standard InChI is InChI=1S/C12H25N3S/c1-10(2)9-14-4-6-15(7-5-14)11(3)8-12(13)16/h10-11H,4-9H2,1-3H3,(H2,13,16). The predicted octanol–water partition coefficient (Wildman–Crippen LogP) is 1.32. The molecule has 1 unspecified atom stereocenters. The zero-order valence-electron chi connectivity index (χ0n) is 10.8. The molecule has 3 nitrogen and oxygen atoms in total. The maximum atomic E-state index is 5.59. The quantitative estimate of drug-likeness (QED) is 0.738. The van der Waals surface area contributed by atoms with Crippen molar-refractivity contribution in [1.82, 2.24) is 9.80 Å². The lowest BCUT2D eigenvalue weighted by Gasteiger charge is -2.38. The van der Waals surface area contributed by atoms with Crippen LogP contribution in [0.4, 0.5) is 0 Å². The average Bonchev–Trinajstić information content (AvgIpc) is 2.16. The second kappa shape index (κ2) is 6.52. The van der Waals surface area contributed by atoms with Crippen molar-refractivity contribution in [1.29, 1.82) is 0 Å². The lowest BCUT2D eigenvalue weighted by Crippen LogP contribution is -2.50. The van der Waals surface area contributed by atoms with Crippen LogP contribution in [-0.2, 0) is 0 Å². The second-order valence-corrected chi connectivity index (χ2v) is 5.77. The fourth-order valence-corrected chi connectivity index (χ4v) is 2.56. The molecule has 1 rings (SSSR count). The molecule has 0 aromatic rings. The van der Waals surface area contributed by atoms with E-state index in [0.29, 0.717) is 11.0 Å². The van der Waals surface area contributed by atoms with E-state index in [0.717, 1.165) is 25.4 Å². The highest BCUT2D eigenvalue weighted by Crippen LogP contribution is 2.10. The van der Waals surface area contributed by atoms with Gasteiger partial charge in [-0.25, -0.2) is 0 Å². The Hall–Kier alpha value is -0.190. The van der Waals surface area contributed by atoms with Crippen LogP contribution < -0.4 is 5.73 Å². The van der Waals surface area contributed by atoms with Gasteiger partial charge < -0.3 is 10.6 Å². The van der Waals surface area contributed by atoms with Gasteiger partial charge in [-0.2, -0.15) is 0 Å². The molecule has 4 heteroatoms.